The summed E-state index contributed by atoms with van der Waals surface area (Å²) in [6.07, 6.45) is -0.496. The second-order valence-corrected chi connectivity index (χ2v) is 4.97. The molecule has 0 saturated heterocycles. The maximum atomic E-state index is 9.82. The zero-order chi connectivity index (χ0) is 14.8. The number of aliphatic hydroxyl groups is 1. The van der Waals surface area contributed by atoms with Crippen LogP contribution in [0.4, 0.5) is 0 Å². The van der Waals surface area contributed by atoms with Gasteiger partial charge in [0.1, 0.15) is 0 Å². The van der Waals surface area contributed by atoms with Crippen molar-refractivity contribution >= 4 is 0 Å². The second kappa shape index (κ2) is 9.88. The minimum atomic E-state index is -0.496. The molecule has 0 amide bonds. The minimum Gasteiger partial charge on any atom is -0.389 e. The number of hydrogen-bond donors (Lipinski definition) is 2. The molecule has 2 unspecified atom stereocenters. The summed E-state index contributed by atoms with van der Waals surface area (Å²) >= 11 is 0. The molecule has 1 aromatic rings. The monoisotopic (exact) mass is 281 g/mol. The Morgan fingerprint density at radius 3 is 2.45 bits per heavy atom. The van der Waals surface area contributed by atoms with Gasteiger partial charge in [0.25, 0.3) is 0 Å². The van der Waals surface area contributed by atoms with Gasteiger partial charge in [-0.25, -0.2) is 0 Å². The molecule has 0 spiro atoms. The van der Waals surface area contributed by atoms with E-state index in [0.717, 1.165) is 0 Å². The van der Waals surface area contributed by atoms with Crippen LogP contribution in [0.3, 0.4) is 0 Å². The van der Waals surface area contributed by atoms with Crippen LogP contribution in [-0.2, 0) is 9.47 Å². The van der Waals surface area contributed by atoms with Crippen LogP contribution in [-0.4, -0.2) is 44.2 Å². The average molecular weight is 281 g/mol. The largest absolute Gasteiger partial charge is 0.389 e. The highest BCUT2D eigenvalue weighted by atomic mass is 16.5. The van der Waals surface area contributed by atoms with Crippen molar-refractivity contribution in [1.82, 2.24) is 5.32 Å². The van der Waals surface area contributed by atoms with Crippen LogP contribution in [0.25, 0.3) is 0 Å². The van der Waals surface area contributed by atoms with Crippen LogP contribution >= 0.6 is 0 Å². The van der Waals surface area contributed by atoms with E-state index in [1.807, 2.05) is 6.92 Å². The van der Waals surface area contributed by atoms with Crippen molar-refractivity contribution < 1.29 is 14.6 Å². The van der Waals surface area contributed by atoms with Gasteiger partial charge in [-0.2, -0.15) is 0 Å². The van der Waals surface area contributed by atoms with Crippen molar-refractivity contribution in [3.05, 3.63) is 35.4 Å². The van der Waals surface area contributed by atoms with Crippen molar-refractivity contribution in [2.45, 2.75) is 32.9 Å². The SMILES string of the molecule is CCOCCOCC(O)CNC(C)c1ccc(C)cc1. The maximum absolute atomic E-state index is 9.82. The summed E-state index contributed by atoms with van der Waals surface area (Å²) in [5.41, 5.74) is 2.48. The Morgan fingerprint density at radius 2 is 1.80 bits per heavy atom. The fourth-order valence-electron chi connectivity index (χ4n) is 1.83. The van der Waals surface area contributed by atoms with Gasteiger partial charge in [0.05, 0.1) is 25.9 Å². The van der Waals surface area contributed by atoms with Crippen molar-refractivity contribution in [2.24, 2.45) is 0 Å². The van der Waals surface area contributed by atoms with E-state index in [0.29, 0.717) is 33.0 Å². The Balaban J connectivity index is 2.16. The normalized spacial score (nSPS) is 14.2. The first-order valence-corrected chi connectivity index (χ1v) is 7.27. The Kier molecular flexibility index (Phi) is 8.46. The summed E-state index contributed by atoms with van der Waals surface area (Å²) in [5.74, 6) is 0. The van der Waals surface area contributed by atoms with E-state index in [1.54, 1.807) is 0 Å². The third-order valence-corrected chi connectivity index (χ3v) is 3.12. The fraction of sp³-hybridized carbons (Fsp3) is 0.625. The molecule has 114 valence electrons. The van der Waals surface area contributed by atoms with Gasteiger partial charge < -0.3 is 19.9 Å². The quantitative estimate of drug-likeness (QED) is 0.645. The Labute approximate surface area is 122 Å². The molecule has 2 atom stereocenters. The highest BCUT2D eigenvalue weighted by Gasteiger charge is 2.08. The third kappa shape index (κ3) is 7.01. The van der Waals surface area contributed by atoms with E-state index in [4.69, 9.17) is 9.47 Å². The van der Waals surface area contributed by atoms with Gasteiger partial charge >= 0.3 is 0 Å². The van der Waals surface area contributed by atoms with E-state index in [2.05, 4.69) is 43.4 Å². The molecule has 0 bridgehead atoms. The first-order valence-electron chi connectivity index (χ1n) is 7.27. The number of aliphatic hydroxyl groups excluding tert-OH is 1. The number of nitrogens with one attached hydrogen (secondary N) is 1. The molecule has 4 heteroatoms. The number of aryl methyl sites for hydroxylation is 1. The number of benzene rings is 1. The van der Waals surface area contributed by atoms with E-state index in [1.165, 1.54) is 11.1 Å². The average Bonchev–Trinajstić information content (AvgIpc) is 2.45. The van der Waals surface area contributed by atoms with Gasteiger partial charge in [0.15, 0.2) is 0 Å². The zero-order valence-electron chi connectivity index (χ0n) is 12.8. The van der Waals surface area contributed by atoms with Crippen LogP contribution in [0.2, 0.25) is 0 Å². The molecule has 0 radical (unpaired) electrons. The first-order chi connectivity index (χ1) is 9.63. The molecule has 0 aliphatic carbocycles. The molecule has 0 aliphatic rings. The van der Waals surface area contributed by atoms with Gasteiger partial charge in [-0.05, 0) is 26.3 Å². The maximum Gasteiger partial charge on any atom is 0.0897 e. The lowest BCUT2D eigenvalue weighted by molar-refractivity contribution is 0.00586. The van der Waals surface area contributed by atoms with Crippen molar-refractivity contribution in [3.8, 4) is 0 Å². The number of ether oxygens (including phenoxy) is 2. The Morgan fingerprint density at radius 1 is 1.15 bits per heavy atom. The van der Waals surface area contributed by atoms with Gasteiger partial charge in [0.2, 0.25) is 0 Å². The van der Waals surface area contributed by atoms with Gasteiger partial charge in [-0.3, -0.25) is 0 Å². The molecule has 2 N–H and O–H groups in total. The molecule has 0 aliphatic heterocycles. The Hall–Kier alpha value is -0.940. The predicted molar refractivity (Wildman–Crippen MR) is 80.9 cm³/mol. The van der Waals surface area contributed by atoms with E-state index in [9.17, 15) is 5.11 Å². The Bertz CT molecular complexity index is 353. The van der Waals surface area contributed by atoms with Crippen LogP contribution in [0.1, 0.15) is 31.0 Å². The number of hydrogen-bond acceptors (Lipinski definition) is 4. The van der Waals surface area contributed by atoms with Crippen molar-refractivity contribution in [2.75, 3.05) is 33.0 Å². The summed E-state index contributed by atoms with van der Waals surface area (Å²) in [4.78, 5) is 0. The highest BCUT2D eigenvalue weighted by molar-refractivity contribution is 5.23. The zero-order valence-corrected chi connectivity index (χ0v) is 12.8. The smallest absolute Gasteiger partial charge is 0.0897 e. The standard InChI is InChI=1S/C16H27NO3/c1-4-19-9-10-20-12-16(18)11-17-14(3)15-7-5-13(2)6-8-15/h5-8,14,16-18H,4,9-12H2,1-3H3. The predicted octanol–water partition coefficient (Wildman–Crippen LogP) is 2.06. The fourth-order valence-corrected chi connectivity index (χ4v) is 1.83. The van der Waals surface area contributed by atoms with Crippen LogP contribution in [0.15, 0.2) is 24.3 Å². The summed E-state index contributed by atoms with van der Waals surface area (Å²) < 4.78 is 10.5. The topological polar surface area (TPSA) is 50.7 Å². The molecule has 1 rings (SSSR count). The molecule has 1 aromatic carbocycles. The van der Waals surface area contributed by atoms with Crippen molar-refractivity contribution in [3.63, 3.8) is 0 Å². The van der Waals surface area contributed by atoms with Crippen molar-refractivity contribution in [1.29, 1.82) is 0 Å². The first kappa shape index (κ1) is 17.1. The summed E-state index contributed by atoms with van der Waals surface area (Å²) in [6, 6.07) is 8.63. The van der Waals surface area contributed by atoms with Crippen LogP contribution < -0.4 is 5.32 Å². The lowest BCUT2D eigenvalue weighted by Gasteiger charge is -2.18. The molecule has 0 heterocycles. The summed E-state index contributed by atoms with van der Waals surface area (Å²) in [7, 11) is 0. The highest BCUT2D eigenvalue weighted by Crippen LogP contribution is 2.12. The van der Waals surface area contributed by atoms with E-state index >= 15 is 0 Å². The molecular formula is C16H27NO3. The number of rotatable bonds is 10. The molecule has 0 aromatic heterocycles. The van der Waals surface area contributed by atoms with E-state index < -0.39 is 6.10 Å². The van der Waals surface area contributed by atoms with Gasteiger partial charge in [-0.15, -0.1) is 0 Å². The van der Waals surface area contributed by atoms with Crippen LogP contribution in [0.5, 0.6) is 0 Å². The molecule has 20 heavy (non-hydrogen) atoms. The van der Waals surface area contributed by atoms with Crippen LogP contribution in [0, 0.1) is 6.92 Å². The molecular weight excluding hydrogens is 254 g/mol. The minimum absolute atomic E-state index is 0.216. The van der Waals surface area contributed by atoms with Gasteiger partial charge in [0, 0.05) is 19.2 Å². The third-order valence-electron chi connectivity index (χ3n) is 3.12. The molecule has 4 nitrogen and oxygen atoms in total. The van der Waals surface area contributed by atoms with Gasteiger partial charge in [-0.1, -0.05) is 29.8 Å². The van der Waals surface area contributed by atoms with E-state index in [-0.39, 0.29) is 6.04 Å². The lowest BCUT2D eigenvalue weighted by Crippen LogP contribution is -2.32. The molecule has 0 fully saturated rings. The lowest BCUT2D eigenvalue weighted by atomic mass is 10.1. The summed E-state index contributed by atoms with van der Waals surface area (Å²) in [6.45, 7) is 8.77. The second-order valence-electron chi connectivity index (χ2n) is 4.97. The molecule has 0 saturated carbocycles. The summed E-state index contributed by atoms with van der Waals surface area (Å²) in [5, 5.41) is 13.1.